The van der Waals surface area contributed by atoms with Gasteiger partial charge in [0.1, 0.15) is 0 Å². The van der Waals surface area contributed by atoms with Crippen LogP contribution in [0, 0.1) is 13.8 Å². The first-order valence-electron chi connectivity index (χ1n) is 7.68. The fraction of sp³-hybridized carbons (Fsp3) is 0.733. The van der Waals surface area contributed by atoms with Crippen LogP contribution in [0.1, 0.15) is 37.2 Å². The van der Waals surface area contributed by atoms with Gasteiger partial charge >= 0.3 is 0 Å². The maximum Gasteiger partial charge on any atom is 0.191 e. The van der Waals surface area contributed by atoms with Gasteiger partial charge < -0.3 is 15.4 Å². The molecule has 0 amide bonds. The number of halogens is 1. The van der Waals surface area contributed by atoms with Crippen molar-refractivity contribution in [3.05, 3.63) is 17.0 Å². The van der Waals surface area contributed by atoms with Gasteiger partial charge in [0.25, 0.3) is 0 Å². The van der Waals surface area contributed by atoms with Gasteiger partial charge in [-0.2, -0.15) is 5.10 Å². The molecule has 0 fully saturated rings. The lowest BCUT2D eigenvalue weighted by Gasteiger charge is -2.10. The molecule has 0 atom stereocenters. The number of aliphatic imine (C=N–C) groups is 1. The number of aryl methyl sites for hydroxylation is 1. The number of guanidine groups is 1. The lowest BCUT2D eigenvalue weighted by Crippen LogP contribution is -2.37. The highest BCUT2D eigenvalue weighted by molar-refractivity contribution is 14.0. The molecule has 0 saturated heterocycles. The summed E-state index contributed by atoms with van der Waals surface area (Å²) < 4.78 is 7.11. The van der Waals surface area contributed by atoms with Gasteiger partial charge in [-0.25, -0.2) is 4.99 Å². The summed E-state index contributed by atoms with van der Waals surface area (Å²) in [5.41, 5.74) is 3.40. The normalized spacial score (nSPS) is 11.2. The molecule has 0 spiro atoms. The first-order valence-corrected chi connectivity index (χ1v) is 7.68. The lowest BCUT2D eigenvalue weighted by atomic mass is 10.2. The molecule has 0 aliphatic heterocycles. The van der Waals surface area contributed by atoms with Crippen LogP contribution >= 0.6 is 24.0 Å². The SMILES string of the molecule is CCCNC(=NCc1c(C)nn(CCOC)c1C)NCC.I. The standard InChI is InChI=1S/C15H29N5O.HI/c1-6-8-17-15(16-7-2)18-11-14-12(3)19-20(13(14)4)9-10-21-5;/h6-11H2,1-5H3,(H2,16,17,18);1H. The first-order chi connectivity index (χ1) is 10.1. The van der Waals surface area contributed by atoms with E-state index in [-0.39, 0.29) is 24.0 Å². The molecule has 0 aliphatic rings. The van der Waals surface area contributed by atoms with E-state index in [0.717, 1.165) is 37.7 Å². The molecule has 128 valence electrons. The molecule has 0 aliphatic carbocycles. The Morgan fingerprint density at radius 3 is 2.59 bits per heavy atom. The molecule has 1 aromatic heterocycles. The number of nitrogens with zero attached hydrogens (tertiary/aromatic N) is 3. The highest BCUT2D eigenvalue weighted by Crippen LogP contribution is 2.14. The maximum atomic E-state index is 5.12. The Labute approximate surface area is 151 Å². The van der Waals surface area contributed by atoms with Crippen LogP contribution in [0.4, 0.5) is 0 Å². The molecule has 0 aromatic carbocycles. The summed E-state index contributed by atoms with van der Waals surface area (Å²) in [5, 5.41) is 11.1. The smallest absolute Gasteiger partial charge is 0.191 e. The zero-order chi connectivity index (χ0) is 15.7. The van der Waals surface area contributed by atoms with Crippen LogP contribution in [0.15, 0.2) is 4.99 Å². The molecule has 1 heterocycles. The van der Waals surface area contributed by atoms with Crippen LogP contribution in [0.3, 0.4) is 0 Å². The molecule has 22 heavy (non-hydrogen) atoms. The number of hydrogen-bond donors (Lipinski definition) is 2. The number of ether oxygens (including phenoxy) is 1. The van der Waals surface area contributed by atoms with Crippen LogP contribution in [-0.2, 0) is 17.8 Å². The topological polar surface area (TPSA) is 63.5 Å². The van der Waals surface area contributed by atoms with E-state index in [1.807, 2.05) is 11.6 Å². The van der Waals surface area contributed by atoms with Crippen molar-refractivity contribution in [3.8, 4) is 0 Å². The minimum atomic E-state index is 0. The third-order valence-corrected chi connectivity index (χ3v) is 3.32. The highest BCUT2D eigenvalue weighted by Gasteiger charge is 2.11. The van der Waals surface area contributed by atoms with E-state index < -0.39 is 0 Å². The van der Waals surface area contributed by atoms with Crippen LogP contribution in [0.25, 0.3) is 0 Å². The largest absolute Gasteiger partial charge is 0.383 e. The fourth-order valence-corrected chi connectivity index (χ4v) is 2.10. The average molecular weight is 423 g/mol. The second-order valence-corrected chi connectivity index (χ2v) is 4.99. The molecular weight excluding hydrogens is 393 g/mol. The second kappa shape index (κ2) is 11.7. The molecule has 0 unspecified atom stereocenters. The summed E-state index contributed by atoms with van der Waals surface area (Å²) in [7, 11) is 1.71. The van der Waals surface area contributed by atoms with E-state index in [4.69, 9.17) is 4.74 Å². The monoisotopic (exact) mass is 423 g/mol. The van der Waals surface area contributed by atoms with E-state index in [0.29, 0.717) is 13.2 Å². The van der Waals surface area contributed by atoms with Crippen molar-refractivity contribution in [1.29, 1.82) is 0 Å². The van der Waals surface area contributed by atoms with Gasteiger partial charge in [-0.1, -0.05) is 6.92 Å². The van der Waals surface area contributed by atoms with E-state index in [9.17, 15) is 0 Å². The van der Waals surface area contributed by atoms with Crippen LogP contribution in [0.5, 0.6) is 0 Å². The Morgan fingerprint density at radius 2 is 2.00 bits per heavy atom. The number of rotatable bonds is 8. The summed E-state index contributed by atoms with van der Waals surface area (Å²) in [5.74, 6) is 0.864. The molecule has 7 heteroatoms. The number of hydrogen-bond acceptors (Lipinski definition) is 3. The van der Waals surface area contributed by atoms with Crippen molar-refractivity contribution in [1.82, 2.24) is 20.4 Å². The number of aromatic nitrogens is 2. The Bertz CT molecular complexity index is 459. The van der Waals surface area contributed by atoms with E-state index in [1.165, 1.54) is 11.3 Å². The van der Waals surface area contributed by atoms with Gasteiger partial charge in [-0.3, -0.25) is 4.68 Å². The third-order valence-electron chi connectivity index (χ3n) is 3.32. The molecule has 1 aromatic rings. The van der Waals surface area contributed by atoms with Crippen molar-refractivity contribution in [2.24, 2.45) is 4.99 Å². The molecule has 1 rings (SSSR count). The summed E-state index contributed by atoms with van der Waals surface area (Å²) in [4.78, 5) is 4.65. The van der Waals surface area contributed by atoms with Crippen molar-refractivity contribution in [2.75, 3.05) is 26.8 Å². The van der Waals surface area contributed by atoms with Crippen molar-refractivity contribution in [3.63, 3.8) is 0 Å². The summed E-state index contributed by atoms with van der Waals surface area (Å²) in [6, 6.07) is 0. The zero-order valence-electron chi connectivity index (χ0n) is 14.4. The molecule has 0 bridgehead atoms. The minimum Gasteiger partial charge on any atom is -0.383 e. The van der Waals surface area contributed by atoms with Crippen LogP contribution in [-0.4, -0.2) is 42.5 Å². The lowest BCUT2D eigenvalue weighted by molar-refractivity contribution is 0.182. The maximum absolute atomic E-state index is 5.12. The average Bonchev–Trinajstić information content (AvgIpc) is 2.74. The Balaban J connectivity index is 0.00000441. The van der Waals surface area contributed by atoms with Crippen molar-refractivity contribution >= 4 is 29.9 Å². The number of nitrogens with one attached hydrogen (secondary N) is 2. The van der Waals surface area contributed by atoms with E-state index in [1.54, 1.807) is 7.11 Å². The van der Waals surface area contributed by atoms with Gasteiger partial charge in [-0.05, 0) is 27.2 Å². The van der Waals surface area contributed by atoms with Gasteiger partial charge in [0.05, 0.1) is 25.4 Å². The Hall–Kier alpha value is -0.830. The van der Waals surface area contributed by atoms with Crippen molar-refractivity contribution < 1.29 is 4.74 Å². The first kappa shape index (κ1) is 21.2. The molecule has 2 N–H and O–H groups in total. The van der Waals surface area contributed by atoms with E-state index in [2.05, 4.69) is 41.5 Å². The number of methoxy groups -OCH3 is 1. The highest BCUT2D eigenvalue weighted by atomic mass is 127. The quantitative estimate of drug-likeness (QED) is 0.383. The minimum absolute atomic E-state index is 0. The van der Waals surface area contributed by atoms with Gasteiger partial charge in [0.15, 0.2) is 5.96 Å². The zero-order valence-corrected chi connectivity index (χ0v) is 16.7. The van der Waals surface area contributed by atoms with Crippen LogP contribution < -0.4 is 10.6 Å². The van der Waals surface area contributed by atoms with E-state index >= 15 is 0 Å². The fourth-order valence-electron chi connectivity index (χ4n) is 2.10. The molecule has 0 saturated carbocycles. The van der Waals surface area contributed by atoms with Crippen molar-refractivity contribution in [2.45, 2.75) is 47.2 Å². The second-order valence-electron chi connectivity index (χ2n) is 4.99. The third kappa shape index (κ3) is 6.51. The molecular formula is C15H30IN5O. The Kier molecular flexibility index (Phi) is 11.3. The van der Waals surface area contributed by atoms with Crippen LogP contribution in [0.2, 0.25) is 0 Å². The molecule has 6 nitrogen and oxygen atoms in total. The summed E-state index contributed by atoms with van der Waals surface area (Å²) >= 11 is 0. The summed E-state index contributed by atoms with van der Waals surface area (Å²) in [6.45, 7) is 12.2. The van der Waals surface area contributed by atoms with Gasteiger partial charge in [0, 0.05) is 31.5 Å². The van der Waals surface area contributed by atoms with Gasteiger partial charge in [-0.15, -0.1) is 24.0 Å². The predicted octanol–water partition coefficient (Wildman–Crippen LogP) is 2.23. The van der Waals surface area contributed by atoms with Gasteiger partial charge in [0.2, 0.25) is 0 Å². The molecule has 0 radical (unpaired) electrons. The summed E-state index contributed by atoms with van der Waals surface area (Å²) in [6.07, 6.45) is 1.08. The Morgan fingerprint density at radius 1 is 1.27 bits per heavy atom. The predicted molar refractivity (Wildman–Crippen MR) is 102 cm³/mol.